The highest BCUT2D eigenvalue weighted by Crippen LogP contribution is 2.08. The molecule has 1 aromatic rings. The normalized spacial score (nSPS) is 15.3. The Morgan fingerprint density at radius 1 is 0.714 bits per heavy atom. The summed E-state index contributed by atoms with van der Waals surface area (Å²) in [5, 5.41) is 42.0. The third-order valence-corrected chi connectivity index (χ3v) is 6.77. The lowest BCUT2D eigenvalue weighted by Crippen LogP contribution is -2.60. The molecule has 0 saturated heterocycles. The minimum atomic E-state index is -1.70. The van der Waals surface area contributed by atoms with Crippen LogP contribution in [0.1, 0.15) is 46.2 Å². The van der Waals surface area contributed by atoms with Crippen molar-refractivity contribution in [2.75, 3.05) is 13.2 Å². The predicted molar refractivity (Wildman–Crippen MR) is 168 cm³/mol. The number of nitrogens with zero attached hydrogens (tertiary/aromatic N) is 1. The molecule has 0 radical (unpaired) electrons. The number of primary amides is 1. The summed E-state index contributed by atoms with van der Waals surface area (Å²) >= 11 is 0. The Labute approximate surface area is 281 Å². The van der Waals surface area contributed by atoms with Crippen molar-refractivity contribution >= 4 is 47.3 Å². The van der Waals surface area contributed by atoms with E-state index in [2.05, 4.69) is 41.9 Å². The fraction of sp³-hybridized carbons (Fsp3) is 0.607. The van der Waals surface area contributed by atoms with E-state index < -0.39 is 109 Å². The summed E-state index contributed by atoms with van der Waals surface area (Å²) in [6.07, 6.45) is 1.70. The van der Waals surface area contributed by atoms with E-state index in [0.29, 0.717) is 5.69 Å². The van der Waals surface area contributed by atoms with Crippen LogP contribution in [0, 0.1) is 5.92 Å². The number of carbonyl (C=O) groups excluding carboxylic acids is 7. The van der Waals surface area contributed by atoms with Gasteiger partial charge >= 0.3 is 5.97 Å². The highest BCUT2D eigenvalue weighted by molar-refractivity contribution is 5.98. The van der Waals surface area contributed by atoms with Crippen LogP contribution < -0.4 is 43.4 Å². The molecule has 21 nitrogen and oxygen atoms in total. The Morgan fingerprint density at radius 3 is 1.69 bits per heavy atom. The van der Waals surface area contributed by atoms with E-state index in [1.54, 1.807) is 13.8 Å². The third kappa shape index (κ3) is 14.7. The van der Waals surface area contributed by atoms with Crippen LogP contribution >= 0.6 is 0 Å². The molecule has 0 aliphatic rings. The van der Waals surface area contributed by atoms with Crippen molar-refractivity contribution in [3.05, 3.63) is 18.2 Å². The van der Waals surface area contributed by atoms with Gasteiger partial charge in [0.05, 0.1) is 32.0 Å². The molecule has 274 valence electrons. The van der Waals surface area contributed by atoms with Gasteiger partial charge in [-0.05, 0) is 26.2 Å². The first-order valence-corrected chi connectivity index (χ1v) is 15.2. The van der Waals surface area contributed by atoms with Crippen LogP contribution in [0.2, 0.25) is 0 Å². The molecule has 0 aliphatic carbocycles. The summed E-state index contributed by atoms with van der Waals surface area (Å²) in [6.45, 7) is 4.23. The van der Waals surface area contributed by atoms with Crippen molar-refractivity contribution in [3.8, 4) is 0 Å². The van der Waals surface area contributed by atoms with Gasteiger partial charge in [-0.25, -0.2) is 9.78 Å². The molecule has 14 N–H and O–H groups in total. The Hall–Kier alpha value is -5.15. The maximum absolute atomic E-state index is 13.5. The largest absolute Gasteiger partial charge is 0.480 e. The number of aromatic amines is 1. The minimum Gasteiger partial charge on any atom is -0.480 e. The summed E-state index contributed by atoms with van der Waals surface area (Å²) in [5.74, 6) is -8.37. The quantitative estimate of drug-likeness (QED) is 0.0570. The maximum atomic E-state index is 13.5. The lowest BCUT2D eigenvalue weighted by atomic mass is 10.0. The summed E-state index contributed by atoms with van der Waals surface area (Å²) in [5.41, 5.74) is 11.1. The van der Waals surface area contributed by atoms with Gasteiger partial charge in [-0.15, -0.1) is 0 Å². The summed E-state index contributed by atoms with van der Waals surface area (Å²) < 4.78 is 0. The van der Waals surface area contributed by atoms with Crippen LogP contribution in [0.15, 0.2) is 12.5 Å². The van der Waals surface area contributed by atoms with Gasteiger partial charge in [0.2, 0.25) is 41.4 Å². The number of hydrogen-bond donors (Lipinski definition) is 12. The van der Waals surface area contributed by atoms with E-state index in [9.17, 15) is 53.7 Å². The number of nitrogens with two attached hydrogens (primary N) is 2. The summed E-state index contributed by atoms with van der Waals surface area (Å²) in [4.78, 5) is 107. The lowest BCUT2D eigenvalue weighted by Gasteiger charge is -2.27. The fourth-order valence-electron chi connectivity index (χ4n) is 4.11. The van der Waals surface area contributed by atoms with Crippen LogP contribution in [0.3, 0.4) is 0 Å². The highest BCUT2D eigenvalue weighted by Gasteiger charge is 2.34. The van der Waals surface area contributed by atoms with Gasteiger partial charge in [-0.1, -0.05) is 13.8 Å². The van der Waals surface area contributed by atoms with Gasteiger partial charge in [0.25, 0.3) is 0 Å². The number of rotatable bonds is 21. The third-order valence-electron chi connectivity index (χ3n) is 6.77. The van der Waals surface area contributed by atoms with Crippen LogP contribution in [-0.4, -0.2) is 128 Å². The molecule has 0 spiro atoms. The zero-order valence-corrected chi connectivity index (χ0v) is 27.5. The Bertz CT molecular complexity index is 1320. The van der Waals surface area contributed by atoms with E-state index in [1.165, 1.54) is 26.4 Å². The number of carboxylic acids is 1. The SMILES string of the molecule is CC(C)C[C@H](NC(=O)[C@H](CC(N)=O)NC(=O)[C@H](CO)NC(=O)[C@H](C)NC(=O)[C@H](C)N)C(=O)N[C@@H](Cc1cnc[nH]1)C(=O)N[C@@H](CO)C(=O)O. The number of imidazole rings is 1. The average Bonchev–Trinajstić information content (AvgIpc) is 3.53. The summed E-state index contributed by atoms with van der Waals surface area (Å²) in [6, 6.07) is -9.90. The zero-order chi connectivity index (χ0) is 37.4. The molecule has 49 heavy (non-hydrogen) atoms. The highest BCUT2D eigenvalue weighted by atomic mass is 16.4. The molecule has 0 unspecified atom stereocenters. The van der Waals surface area contributed by atoms with Crippen molar-refractivity contribution in [1.82, 2.24) is 41.9 Å². The molecule has 7 atom stereocenters. The first kappa shape index (κ1) is 41.9. The number of carboxylic acid groups (broad SMARTS) is 1. The molecule has 0 fully saturated rings. The molecule has 21 heteroatoms. The number of aliphatic carboxylic acids is 1. The molecule has 0 saturated carbocycles. The second-order valence-electron chi connectivity index (χ2n) is 11.6. The molecule has 0 aromatic carbocycles. The first-order valence-electron chi connectivity index (χ1n) is 15.2. The van der Waals surface area contributed by atoms with Crippen molar-refractivity contribution in [1.29, 1.82) is 0 Å². The average molecular weight is 699 g/mol. The van der Waals surface area contributed by atoms with Crippen molar-refractivity contribution in [3.63, 3.8) is 0 Å². The molecule has 0 aliphatic heterocycles. The van der Waals surface area contributed by atoms with Gasteiger partial charge in [-0.3, -0.25) is 33.6 Å². The van der Waals surface area contributed by atoms with Crippen molar-refractivity contribution in [2.45, 2.75) is 89.3 Å². The van der Waals surface area contributed by atoms with Gasteiger partial charge in [0, 0.05) is 18.3 Å². The second kappa shape index (κ2) is 20.3. The number of H-pyrrole nitrogens is 1. The van der Waals surface area contributed by atoms with Crippen LogP contribution in [0.5, 0.6) is 0 Å². The molecule has 7 amide bonds. The Balaban J connectivity index is 3.18. The number of aliphatic hydroxyl groups is 2. The maximum Gasteiger partial charge on any atom is 0.328 e. The lowest BCUT2D eigenvalue weighted by molar-refractivity contribution is -0.143. The van der Waals surface area contributed by atoms with Gasteiger partial charge in [0.15, 0.2) is 0 Å². The zero-order valence-electron chi connectivity index (χ0n) is 27.5. The molecular weight excluding hydrogens is 652 g/mol. The number of aliphatic hydroxyl groups excluding tert-OH is 2. The molecule has 0 bridgehead atoms. The number of hydrogen-bond acceptors (Lipinski definition) is 12. The molecule has 1 aromatic heterocycles. The Morgan fingerprint density at radius 2 is 1.20 bits per heavy atom. The van der Waals surface area contributed by atoms with E-state index >= 15 is 0 Å². The van der Waals surface area contributed by atoms with Gasteiger partial charge < -0.3 is 63.7 Å². The fourth-order valence-corrected chi connectivity index (χ4v) is 4.11. The van der Waals surface area contributed by atoms with Crippen LogP contribution in [0.4, 0.5) is 0 Å². The summed E-state index contributed by atoms with van der Waals surface area (Å²) in [7, 11) is 0. The topological polar surface area (TPSA) is 350 Å². The number of nitrogens with one attached hydrogen (secondary N) is 7. The van der Waals surface area contributed by atoms with Gasteiger partial charge in [0.1, 0.15) is 36.3 Å². The monoisotopic (exact) mass is 698 g/mol. The molecular formula is C28H46N10O11. The van der Waals surface area contributed by atoms with E-state index in [-0.39, 0.29) is 18.8 Å². The number of aromatic nitrogens is 2. The van der Waals surface area contributed by atoms with E-state index in [0.717, 1.165) is 0 Å². The molecule has 1 rings (SSSR count). The van der Waals surface area contributed by atoms with E-state index in [4.69, 9.17) is 11.5 Å². The smallest absolute Gasteiger partial charge is 0.328 e. The minimum absolute atomic E-state index is 0.0120. The second-order valence-corrected chi connectivity index (χ2v) is 11.6. The number of carbonyl (C=O) groups is 8. The van der Waals surface area contributed by atoms with Gasteiger partial charge in [-0.2, -0.15) is 0 Å². The van der Waals surface area contributed by atoms with E-state index in [1.807, 2.05) is 0 Å². The van der Waals surface area contributed by atoms with Crippen molar-refractivity contribution < 1.29 is 53.7 Å². The van der Waals surface area contributed by atoms with Crippen LogP contribution in [-0.2, 0) is 44.8 Å². The standard InChI is InChI=1S/C28H46N10O11/c1-12(2)5-16(24(44)35-17(6-15-8-31-11-32-15)25(45)38-20(10-40)28(48)49)34-26(46)18(7-21(30)41)36-27(47)19(9-39)37-23(43)14(4)33-22(42)13(3)29/h8,11-14,16-20,39-40H,5-7,9-10,29H2,1-4H3,(H2,30,41)(H,31,32)(H,33,42)(H,34,46)(H,35,44)(H,36,47)(H,37,43)(H,38,45)(H,48,49)/t13-,14-,16-,17-,18-,19-,20-/m0/s1. The first-order chi connectivity index (χ1) is 22.9. The van der Waals surface area contributed by atoms with Crippen molar-refractivity contribution in [2.24, 2.45) is 17.4 Å². The predicted octanol–water partition coefficient (Wildman–Crippen LogP) is -5.78. The van der Waals surface area contributed by atoms with Crippen LogP contribution in [0.25, 0.3) is 0 Å². The number of amides is 7. The molecule has 1 heterocycles. The Kier molecular flexibility index (Phi) is 17.3.